The van der Waals surface area contributed by atoms with Crippen LogP contribution in [0.25, 0.3) is 0 Å². The normalized spacial score (nSPS) is 14.6. The summed E-state index contributed by atoms with van der Waals surface area (Å²) >= 11 is 0. The van der Waals surface area contributed by atoms with Crippen molar-refractivity contribution in [3.05, 3.63) is 53.3 Å². The smallest absolute Gasteiger partial charge is 0.270 e. The molecule has 2 aromatic rings. The topological polar surface area (TPSA) is 70.6 Å². The van der Waals surface area contributed by atoms with Gasteiger partial charge in [0, 0.05) is 45.0 Å². The fourth-order valence-electron chi connectivity index (χ4n) is 3.18. The molecule has 3 rings (SSSR count). The number of rotatable bonds is 8. The predicted octanol–water partition coefficient (Wildman–Crippen LogP) is 1.87. The lowest BCUT2D eigenvalue weighted by molar-refractivity contribution is 0.0383. The highest BCUT2D eigenvalue weighted by molar-refractivity contribution is 5.92. The second kappa shape index (κ2) is 10.1. The van der Waals surface area contributed by atoms with Crippen LogP contribution in [-0.4, -0.2) is 66.7 Å². The van der Waals surface area contributed by atoms with Gasteiger partial charge in [-0.1, -0.05) is 30.3 Å². The molecule has 1 saturated heterocycles. The number of ether oxygens (including phenoxy) is 1. The third-order valence-corrected chi connectivity index (χ3v) is 4.77. The van der Waals surface area contributed by atoms with Crippen LogP contribution in [-0.2, 0) is 11.3 Å². The van der Waals surface area contributed by atoms with Crippen molar-refractivity contribution in [1.82, 2.24) is 20.2 Å². The average Bonchev–Trinajstić information content (AvgIpc) is 2.73. The summed E-state index contributed by atoms with van der Waals surface area (Å²) in [6.45, 7) is 10.2. The number of hydrogen-bond acceptors (Lipinski definition) is 6. The molecule has 0 saturated carbocycles. The number of anilines is 1. The monoisotopic (exact) mass is 383 g/mol. The Hall–Kier alpha value is -2.51. The Labute approximate surface area is 166 Å². The third-order valence-electron chi connectivity index (χ3n) is 4.77. The van der Waals surface area contributed by atoms with E-state index in [2.05, 4.69) is 44.1 Å². The molecule has 7 heteroatoms. The molecule has 0 unspecified atom stereocenters. The minimum atomic E-state index is -0.157. The van der Waals surface area contributed by atoms with E-state index in [1.165, 1.54) is 5.56 Å². The first-order valence-corrected chi connectivity index (χ1v) is 9.88. The maximum atomic E-state index is 12.6. The van der Waals surface area contributed by atoms with Crippen LogP contribution in [0, 0.1) is 6.92 Å². The van der Waals surface area contributed by atoms with Gasteiger partial charge in [0.2, 0.25) is 5.95 Å². The summed E-state index contributed by atoms with van der Waals surface area (Å²) in [6.07, 6.45) is 0. The number of amides is 1. The average molecular weight is 383 g/mol. The molecule has 0 spiro atoms. The van der Waals surface area contributed by atoms with Crippen molar-refractivity contribution in [2.75, 3.05) is 50.8 Å². The fraction of sp³-hybridized carbons (Fsp3) is 0.476. The number of aryl methyl sites for hydroxylation is 1. The number of nitrogens with zero attached hydrogens (tertiary/aromatic N) is 4. The summed E-state index contributed by atoms with van der Waals surface area (Å²) in [4.78, 5) is 26.0. The van der Waals surface area contributed by atoms with E-state index in [1.54, 1.807) is 6.07 Å². The molecule has 0 radical (unpaired) electrons. The molecular weight excluding hydrogens is 354 g/mol. The van der Waals surface area contributed by atoms with Gasteiger partial charge in [-0.25, -0.2) is 9.97 Å². The van der Waals surface area contributed by atoms with Crippen LogP contribution < -0.4 is 10.2 Å². The summed E-state index contributed by atoms with van der Waals surface area (Å²) in [5.41, 5.74) is 2.39. The van der Waals surface area contributed by atoms with Crippen LogP contribution in [0.3, 0.4) is 0 Å². The van der Waals surface area contributed by atoms with E-state index in [-0.39, 0.29) is 5.91 Å². The van der Waals surface area contributed by atoms with Gasteiger partial charge >= 0.3 is 0 Å². The van der Waals surface area contributed by atoms with Crippen molar-refractivity contribution >= 4 is 11.9 Å². The molecule has 1 aliphatic heterocycles. The van der Waals surface area contributed by atoms with Crippen LogP contribution >= 0.6 is 0 Å². The van der Waals surface area contributed by atoms with Gasteiger partial charge in [0.25, 0.3) is 5.91 Å². The number of morpholine rings is 1. The van der Waals surface area contributed by atoms with E-state index >= 15 is 0 Å². The molecule has 0 aliphatic carbocycles. The zero-order valence-corrected chi connectivity index (χ0v) is 16.7. The largest absolute Gasteiger partial charge is 0.379 e. The highest BCUT2D eigenvalue weighted by Gasteiger charge is 2.15. The second-order valence-corrected chi connectivity index (χ2v) is 6.90. The molecule has 2 heterocycles. The first-order valence-electron chi connectivity index (χ1n) is 9.88. The maximum Gasteiger partial charge on any atom is 0.270 e. The maximum absolute atomic E-state index is 12.6. The van der Waals surface area contributed by atoms with Crippen molar-refractivity contribution in [2.45, 2.75) is 20.4 Å². The van der Waals surface area contributed by atoms with Gasteiger partial charge in [-0.2, -0.15) is 0 Å². The first kappa shape index (κ1) is 20.2. The van der Waals surface area contributed by atoms with Crippen LogP contribution in [0.15, 0.2) is 36.4 Å². The molecule has 1 aliphatic rings. The minimum absolute atomic E-state index is 0.157. The molecule has 1 amide bonds. The standard InChI is InChI=1S/C21H29N5O2/c1-3-26(16-18-7-5-4-6-8-18)21-23-17(2)15-19(24-21)20(27)22-9-10-25-11-13-28-14-12-25/h4-8,15H,3,9-14,16H2,1-2H3,(H,22,27). The van der Waals surface area contributed by atoms with Gasteiger partial charge < -0.3 is 15.0 Å². The Morgan fingerprint density at radius 2 is 1.96 bits per heavy atom. The van der Waals surface area contributed by atoms with E-state index in [1.807, 2.05) is 25.1 Å². The molecule has 1 aromatic heterocycles. The quantitative estimate of drug-likeness (QED) is 0.751. The van der Waals surface area contributed by atoms with Crippen molar-refractivity contribution in [3.8, 4) is 0 Å². The Morgan fingerprint density at radius 3 is 2.68 bits per heavy atom. The van der Waals surface area contributed by atoms with E-state index < -0.39 is 0 Å². The summed E-state index contributed by atoms with van der Waals surface area (Å²) in [5.74, 6) is 0.431. The molecule has 7 nitrogen and oxygen atoms in total. The Kier molecular flexibility index (Phi) is 7.33. The minimum Gasteiger partial charge on any atom is -0.379 e. The summed E-state index contributed by atoms with van der Waals surface area (Å²) in [6, 6.07) is 11.9. The molecule has 28 heavy (non-hydrogen) atoms. The van der Waals surface area contributed by atoms with E-state index in [9.17, 15) is 4.79 Å². The molecule has 0 atom stereocenters. The lowest BCUT2D eigenvalue weighted by Gasteiger charge is -2.26. The Bertz CT molecular complexity index is 763. The van der Waals surface area contributed by atoms with Crippen molar-refractivity contribution < 1.29 is 9.53 Å². The van der Waals surface area contributed by atoms with Gasteiger partial charge in [0.05, 0.1) is 13.2 Å². The SMILES string of the molecule is CCN(Cc1ccccc1)c1nc(C)cc(C(=O)NCCN2CCOCC2)n1. The van der Waals surface area contributed by atoms with E-state index in [4.69, 9.17) is 4.74 Å². The Balaban J connectivity index is 1.63. The molecule has 1 aromatic carbocycles. The first-order chi connectivity index (χ1) is 13.7. The van der Waals surface area contributed by atoms with Gasteiger partial charge in [-0.15, -0.1) is 0 Å². The summed E-state index contributed by atoms with van der Waals surface area (Å²) < 4.78 is 5.35. The highest BCUT2D eigenvalue weighted by Crippen LogP contribution is 2.14. The van der Waals surface area contributed by atoms with Crippen LogP contribution in [0.1, 0.15) is 28.7 Å². The lowest BCUT2D eigenvalue weighted by Crippen LogP contribution is -2.41. The second-order valence-electron chi connectivity index (χ2n) is 6.90. The predicted molar refractivity (Wildman–Crippen MR) is 110 cm³/mol. The van der Waals surface area contributed by atoms with E-state index in [0.29, 0.717) is 24.7 Å². The summed E-state index contributed by atoms with van der Waals surface area (Å²) in [7, 11) is 0. The number of aromatic nitrogens is 2. The van der Waals surface area contributed by atoms with Gasteiger partial charge in [-0.3, -0.25) is 9.69 Å². The van der Waals surface area contributed by atoms with Gasteiger partial charge in [-0.05, 0) is 25.5 Å². The molecular formula is C21H29N5O2. The number of hydrogen-bond donors (Lipinski definition) is 1. The van der Waals surface area contributed by atoms with Crippen LogP contribution in [0.2, 0.25) is 0 Å². The summed E-state index contributed by atoms with van der Waals surface area (Å²) in [5, 5.41) is 2.98. The third kappa shape index (κ3) is 5.74. The van der Waals surface area contributed by atoms with Crippen molar-refractivity contribution in [1.29, 1.82) is 0 Å². The van der Waals surface area contributed by atoms with Crippen molar-refractivity contribution in [3.63, 3.8) is 0 Å². The molecule has 150 valence electrons. The van der Waals surface area contributed by atoms with Crippen LogP contribution in [0.5, 0.6) is 0 Å². The van der Waals surface area contributed by atoms with Gasteiger partial charge in [0.15, 0.2) is 0 Å². The molecule has 1 N–H and O–H groups in total. The number of nitrogens with one attached hydrogen (secondary N) is 1. The molecule has 1 fully saturated rings. The number of benzene rings is 1. The number of carbonyl (C=O) groups is 1. The van der Waals surface area contributed by atoms with Crippen molar-refractivity contribution in [2.24, 2.45) is 0 Å². The molecule has 0 bridgehead atoms. The zero-order chi connectivity index (χ0) is 19.8. The fourth-order valence-corrected chi connectivity index (χ4v) is 3.18. The zero-order valence-electron chi connectivity index (χ0n) is 16.7. The lowest BCUT2D eigenvalue weighted by atomic mass is 10.2. The van der Waals surface area contributed by atoms with Crippen LogP contribution in [0.4, 0.5) is 5.95 Å². The Morgan fingerprint density at radius 1 is 1.21 bits per heavy atom. The number of carbonyl (C=O) groups excluding carboxylic acids is 1. The van der Waals surface area contributed by atoms with E-state index in [0.717, 1.165) is 45.1 Å². The highest BCUT2D eigenvalue weighted by atomic mass is 16.5. The van der Waals surface area contributed by atoms with Gasteiger partial charge in [0.1, 0.15) is 5.69 Å².